The Balaban J connectivity index is 2.41. The lowest BCUT2D eigenvalue weighted by Crippen LogP contribution is -2.38. The van der Waals surface area contributed by atoms with E-state index in [0.29, 0.717) is 6.54 Å². The number of nitrogens with zero attached hydrogens (tertiary/aromatic N) is 1. The maximum Gasteiger partial charge on any atom is 0.316 e. The van der Waals surface area contributed by atoms with Crippen LogP contribution in [0.15, 0.2) is 18.2 Å². The summed E-state index contributed by atoms with van der Waals surface area (Å²) in [6.45, 7) is 7.77. The van der Waals surface area contributed by atoms with Gasteiger partial charge in [0.2, 0.25) is 0 Å². The molecule has 0 aliphatic heterocycles. The third kappa shape index (κ3) is 4.91. The van der Waals surface area contributed by atoms with Gasteiger partial charge in [-0.25, -0.2) is 4.79 Å². The first-order valence-electron chi connectivity index (χ1n) is 6.67. The Labute approximate surface area is 116 Å². The highest BCUT2D eigenvalue weighted by atomic mass is 16.2. The molecule has 0 bridgehead atoms. The molecule has 106 valence electrons. The van der Waals surface area contributed by atoms with E-state index in [1.807, 2.05) is 0 Å². The summed E-state index contributed by atoms with van der Waals surface area (Å²) in [7, 11) is 3.48. The van der Waals surface area contributed by atoms with Gasteiger partial charge in [0.15, 0.2) is 0 Å². The summed E-state index contributed by atoms with van der Waals surface area (Å²) in [6.07, 6.45) is 0. The summed E-state index contributed by atoms with van der Waals surface area (Å²) >= 11 is 0. The summed E-state index contributed by atoms with van der Waals surface area (Å²) in [5.74, 6) is 0. The Bertz CT molecular complexity index is 429. The predicted octanol–water partition coefficient (Wildman–Crippen LogP) is 2.23. The van der Waals surface area contributed by atoms with Crippen LogP contribution in [0.4, 0.5) is 4.79 Å². The van der Waals surface area contributed by atoms with E-state index in [4.69, 9.17) is 0 Å². The minimum Gasteiger partial charge on any atom is -0.337 e. The van der Waals surface area contributed by atoms with Crippen molar-refractivity contribution in [1.82, 2.24) is 15.5 Å². The van der Waals surface area contributed by atoms with E-state index in [2.05, 4.69) is 49.6 Å². The topological polar surface area (TPSA) is 44.4 Å². The van der Waals surface area contributed by atoms with Gasteiger partial charge < -0.3 is 15.5 Å². The van der Waals surface area contributed by atoms with Crippen molar-refractivity contribution in [3.63, 3.8) is 0 Å². The maximum absolute atomic E-state index is 11.3. The number of carbonyl (C=O) groups excluding carboxylic acids is 1. The molecule has 0 fully saturated rings. The highest BCUT2D eigenvalue weighted by Crippen LogP contribution is 2.18. The van der Waals surface area contributed by atoms with Crippen molar-refractivity contribution in [2.24, 2.45) is 0 Å². The average Bonchev–Trinajstić information content (AvgIpc) is 2.36. The number of aryl methyl sites for hydroxylation is 2. The molecule has 0 spiro atoms. The molecule has 4 nitrogen and oxygen atoms in total. The van der Waals surface area contributed by atoms with Crippen LogP contribution < -0.4 is 10.6 Å². The molecule has 4 heteroatoms. The molecule has 0 heterocycles. The van der Waals surface area contributed by atoms with Crippen LogP contribution in [0.1, 0.15) is 29.7 Å². The number of rotatable bonds is 5. The zero-order valence-corrected chi connectivity index (χ0v) is 12.6. The van der Waals surface area contributed by atoms with Crippen molar-refractivity contribution < 1.29 is 4.79 Å². The van der Waals surface area contributed by atoms with Crippen molar-refractivity contribution >= 4 is 6.03 Å². The van der Waals surface area contributed by atoms with E-state index in [0.717, 1.165) is 6.54 Å². The van der Waals surface area contributed by atoms with Gasteiger partial charge in [-0.15, -0.1) is 0 Å². The van der Waals surface area contributed by atoms with E-state index < -0.39 is 0 Å². The van der Waals surface area contributed by atoms with E-state index >= 15 is 0 Å². The Kier molecular flexibility index (Phi) is 5.83. The molecule has 1 aromatic rings. The maximum atomic E-state index is 11.3. The molecule has 0 radical (unpaired) electrons. The van der Waals surface area contributed by atoms with Crippen LogP contribution in [0.2, 0.25) is 0 Å². The fraction of sp³-hybridized carbons (Fsp3) is 0.533. The molecule has 0 saturated heterocycles. The first-order valence-corrected chi connectivity index (χ1v) is 6.67. The zero-order valence-electron chi connectivity index (χ0n) is 12.6. The van der Waals surface area contributed by atoms with Crippen LogP contribution in [-0.4, -0.2) is 38.1 Å². The van der Waals surface area contributed by atoms with E-state index in [9.17, 15) is 4.79 Å². The molecule has 1 atom stereocenters. The molecule has 19 heavy (non-hydrogen) atoms. The van der Waals surface area contributed by atoms with Crippen LogP contribution in [0.25, 0.3) is 0 Å². The van der Waals surface area contributed by atoms with Crippen molar-refractivity contribution in [2.45, 2.75) is 26.8 Å². The van der Waals surface area contributed by atoms with E-state index in [1.165, 1.54) is 21.6 Å². The lowest BCUT2D eigenvalue weighted by Gasteiger charge is -2.18. The SMILES string of the molecule is Cc1ccc(C)c(C(C)NCCNC(=O)N(C)C)c1. The normalized spacial score (nSPS) is 12.1. The van der Waals surface area contributed by atoms with Crippen molar-refractivity contribution in [2.75, 3.05) is 27.2 Å². The standard InChI is InChI=1S/C15H25N3O/c1-11-6-7-12(2)14(10-11)13(3)16-8-9-17-15(19)18(4)5/h6-7,10,13,16H,8-9H2,1-5H3,(H,17,19). The second kappa shape index (κ2) is 7.14. The fourth-order valence-electron chi connectivity index (χ4n) is 1.95. The summed E-state index contributed by atoms with van der Waals surface area (Å²) in [6, 6.07) is 6.72. The minimum atomic E-state index is -0.0545. The number of carbonyl (C=O) groups is 1. The molecule has 0 saturated carbocycles. The molecule has 1 aromatic carbocycles. The van der Waals surface area contributed by atoms with Gasteiger partial charge >= 0.3 is 6.03 Å². The van der Waals surface area contributed by atoms with Gasteiger partial charge in [-0.2, -0.15) is 0 Å². The average molecular weight is 263 g/mol. The Morgan fingerprint density at radius 3 is 2.58 bits per heavy atom. The summed E-state index contributed by atoms with van der Waals surface area (Å²) in [5, 5.41) is 6.27. The van der Waals surface area contributed by atoms with Gasteiger partial charge in [-0.05, 0) is 31.9 Å². The second-order valence-electron chi connectivity index (χ2n) is 5.16. The van der Waals surface area contributed by atoms with Gasteiger partial charge in [0, 0.05) is 33.2 Å². The molecule has 2 amide bonds. The van der Waals surface area contributed by atoms with Gasteiger partial charge in [-0.3, -0.25) is 0 Å². The van der Waals surface area contributed by atoms with E-state index in [1.54, 1.807) is 14.1 Å². The molecular formula is C15H25N3O. The van der Waals surface area contributed by atoms with E-state index in [-0.39, 0.29) is 12.1 Å². The molecule has 0 aromatic heterocycles. The molecular weight excluding hydrogens is 238 g/mol. The van der Waals surface area contributed by atoms with Crippen molar-refractivity contribution in [1.29, 1.82) is 0 Å². The number of urea groups is 1. The largest absolute Gasteiger partial charge is 0.337 e. The fourth-order valence-corrected chi connectivity index (χ4v) is 1.95. The molecule has 1 unspecified atom stereocenters. The Hall–Kier alpha value is -1.55. The highest BCUT2D eigenvalue weighted by molar-refractivity contribution is 5.73. The van der Waals surface area contributed by atoms with Crippen LogP contribution in [0.3, 0.4) is 0 Å². The smallest absolute Gasteiger partial charge is 0.316 e. The van der Waals surface area contributed by atoms with Crippen LogP contribution >= 0.6 is 0 Å². The van der Waals surface area contributed by atoms with Gasteiger partial charge in [0.25, 0.3) is 0 Å². The van der Waals surface area contributed by atoms with Crippen molar-refractivity contribution in [3.05, 3.63) is 34.9 Å². The van der Waals surface area contributed by atoms with Crippen LogP contribution in [-0.2, 0) is 0 Å². The lowest BCUT2D eigenvalue weighted by atomic mass is 10.00. The highest BCUT2D eigenvalue weighted by Gasteiger charge is 2.08. The van der Waals surface area contributed by atoms with Gasteiger partial charge in [0.05, 0.1) is 0 Å². The molecule has 0 aliphatic rings. The first-order chi connectivity index (χ1) is 8.91. The molecule has 2 N–H and O–H groups in total. The minimum absolute atomic E-state index is 0.0545. The third-order valence-corrected chi connectivity index (χ3v) is 3.16. The number of nitrogens with one attached hydrogen (secondary N) is 2. The summed E-state index contributed by atoms with van der Waals surface area (Å²) in [4.78, 5) is 12.9. The number of hydrogen-bond acceptors (Lipinski definition) is 2. The zero-order chi connectivity index (χ0) is 14.4. The van der Waals surface area contributed by atoms with Gasteiger partial charge in [-0.1, -0.05) is 23.8 Å². The summed E-state index contributed by atoms with van der Waals surface area (Å²) in [5.41, 5.74) is 3.89. The molecule has 1 rings (SSSR count). The third-order valence-electron chi connectivity index (χ3n) is 3.16. The Morgan fingerprint density at radius 2 is 1.95 bits per heavy atom. The monoisotopic (exact) mass is 263 g/mol. The van der Waals surface area contributed by atoms with Crippen molar-refractivity contribution in [3.8, 4) is 0 Å². The summed E-state index contributed by atoms with van der Waals surface area (Å²) < 4.78 is 0. The van der Waals surface area contributed by atoms with Gasteiger partial charge in [0.1, 0.15) is 0 Å². The Morgan fingerprint density at radius 1 is 1.26 bits per heavy atom. The lowest BCUT2D eigenvalue weighted by molar-refractivity contribution is 0.217. The number of amides is 2. The van der Waals surface area contributed by atoms with Crippen LogP contribution in [0, 0.1) is 13.8 Å². The first kappa shape index (κ1) is 15.5. The van der Waals surface area contributed by atoms with Crippen LogP contribution in [0.5, 0.6) is 0 Å². The second-order valence-corrected chi connectivity index (χ2v) is 5.16. The molecule has 0 aliphatic carbocycles. The quantitative estimate of drug-likeness (QED) is 0.800. The predicted molar refractivity (Wildman–Crippen MR) is 79.4 cm³/mol. The number of hydrogen-bond donors (Lipinski definition) is 2. The number of benzene rings is 1.